The predicted octanol–water partition coefficient (Wildman–Crippen LogP) is 2.49. The van der Waals surface area contributed by atoms with E-state index >= 15 is 0 Å². The van der Waals surface area contributed by atoms with E-state index in [1.54, 1.807) is 12.1 Å². The molecule has 1 aromatic heterocycles. The van der Waals surface area contributed by atoms with E-state index in [0.29, 0.717) is 11.4 Å². The number of rotatable bonds is 4. The van der Waals surface area contributed by atoms with Crippen molar-refractivity contribution in [1.82, 2.24) is 4.98 Å². The first-order valence-corrected chi connectivity index (χ1v) is 5.33. The Bertz CT molecular complexity index is 348. The minimum atomic E-state index is -4.22. The summed E-state index contributed by atoms with van der Waals surface area (Å²) in [6, 6.07) is 3.09. The van der Waals surface area contributed by atoms with Gasteiger partial charge in [-0.25, -0.2) is 0 Å². The van der Waals surface area contributed by atoms with E-state index in [2.05, 4.69) is 4.98 Å². The number of nitrogens with two attached hydrogens (primary N) is 1. The molecule has 1 atom stereocenters. The average Bonchev–Trinajstić information content (AvgIpc) is 2.26. The van der Waals surface area contributed by atoms with E-state index in [1.807, 2.05) is 6.92 Å². The fourth-order valence-corrected chi connectivity index (χ4v) is 1.41. The number of alkyl halides is 3. The summed E-state index contributed by atoms with van der Waals surface area (Å²) < 4.78 is 36.5. The van der Waals surface area contributed by atoms with E-state index in [4.69, 9.17) is 5.73 Å². The van der Waals surface area contributed by atoms with Gasteiger partial charge in [0.15, 0.2) is 0 Å². The van der Waals surface area contributed by atoms with Crippen molar-refractivity contribution in [2.45, 2.75) is 25.6 Å². The second-order valence-corrected chi connectivity index (χ2v) is 3.93. The van der Waals surface area contributed by atoms with Gasteiger partial charge in [0, 0.05) is 13.1 Å². The number of anilines is 1. The molecule has 0 spiro atoms. The highest BCUT2D eigenvalue weighted by molar-refractivity contribution is 5.44. The monoisotopic (exact) mass is 247 g/mol. The molecule has 6 heteroatoms. The van der Waals surface area contributed by atoms with Crippen molar-refractivity contribution in [1.29, 1.82) is 0 Å². The van der Waals surface area contributed by atoms with Crippen LogP contribution in [0.25, 0.3) is 0 Å². The van der Waals surface area contributed by atoms with Gasteiger partial charge in [0.1, 0.15) is 6.54 Å². The molecule has 96 valence electrons. The van der Waals surface area contributed by atoms with Crippen LogP contribution >= 0.6 is 0 Å². The van der Waals surface area contributed by atoms with Crippen LogP contribution in [0.3, 0.4) is 0 Å². The molecule has 17 heavy (non-hydrogen) atoms. The first kappa shape index (κ1) is 13.8. The maximum atomic E-state index is 12.2. The molecule has 0 saturated heterocycles. The molecule has 1 heterocycles. The summed E-state index contributed by atoms with van der Waals surface area (Å²) in [6.07, 6.45) is -2.06. The van der Waals surface area contributed by atoms with Gasteiger partial charge in [-0.2, -0.15) is 13.2 Å². The van der Waals surface area contributed by atoms with Crippen molar-refractivity contribution in [3.05, 3.63) is 24.0 Å². The van der Waals surface area contributed by atoms with Crippen molar-refractivity contribution in [3.63, 3.8) is 0 Å². The van der Waals surface area contributed by atoms with E-state index < -0.39 is 12.7 Å². The summed E-state index contributed by atoms with van der Waals surface area (Å²) in [7, 11) is 1.38. The zero-order chi connectivity index (χ0) is 13.1. The lowest BCUT2D eigenvalue weighted by molar-refractivity contribution is -0.119. The third kappa shape index (κ3) is 4.22. The van der Waals surface area contributed by atoms with E-state index in [0.717, 1.165) is 11.3 Å². The van der Waals surface area contributed by atoms with E-state index in [1.165, 1.54) is 13.2 Å². The molecular formula is C11H16F3N3. The molecular weight excluding hydrogens is 231 g/mol. The first-order chi connectivity index (χ1) is 7.83. The smallest absolute Gasteiger partial charge is 0.364 e. The Morgan fingerprint density at radius 2 is 2.06 bits per heavy atom. The summed E-state index contributed by atoms with van der Waals surface area (Å²) in [5.74, 6) is 0. The van der Waals surface area contributed by atoms with E-state index in [9.17, 15) is 13.2 Å². The van der Waals surface area contributed by atoms with Crippen LogP contribution in [0.1, 0.15) is 25.1 Å². The number of halogens is 3. The van der Waals surface area contributed by atoms with Crippen molar-refractivity contribution in [2.75, 3.05) is 18.5 Å². The van der Waals surface area contributed by atoms with Gasteiger partial charge in [-0.1, -0.05) is 6.92 Å². The molecule has 0 aromatic carbocycles. The Morgan fingerprint density at radius 3 is 2.47 bits per heavy atom. The van der Waals surface area contributed by atoms with Crippen LogP contribution in [-0.4, -0.2) is 24.8 Å². The normalized spacial score (nSPS) is 13.5. The highest BCUT2D eigenvalue weighted by Gasteiger charge is 2.29. The summed E-state index contributed by atoms with van der Waals surface area (Å²) in [5, 5.41) is 0. The third-order valence-corrected chi connectivity index (χ3v) is 2.45. The Morgan fingerprint density at radius 1 is 1.41 bits per heavy atom. The van der Waals surface area contributed by atoms with Gasteiger partial charge in [0.2, 0.25) is 0 Å². The molecule has 0 amide bonds. The zero-order valence-electron chi connectivity index (χ0n) is 9.83. The molecule has 3 nitrogen and oxygen atoms in total. The number of pyridine rings is 1. The quantitative estimate of drug-likeness (QED) is 0.888. The topological polar surface area (TPSA) is 42.1 Å². The molecule has 0 radical (unpaired) electrons. The van der Waals surface area contributed by atoms with Gasteiger partial charge in [0.05, 0.1) is 17.6 Å². The van der Waals surface area contributed by atoms with Crippen molar-refractivity contribution in [3.8, 4) is 0 Å². The molecule has 0 bridgehead atoms. The molecule has 0 aliphatic heterocycles. The largest absolute Gasteiger partial charge is 0.405 e. The first-order valence-electron chi connectivity index (χ1n) is 5.33. The van der Waals surface area contributed by atoms with Crippen LogP contribution in [0.2, 0.25) is 0 Å². The maximum absolute atomic E-state index is 12.2. The van der Waals surface area contributed by atoms with Crippen LogP contribution in [0.5, 0.6) is 0 Å². The highest BCUT2D eigenvalue weighted by Crippen LogP contribution is 2.21. The number of aromatic nitrogens is 1. The minimum Gasteiger partial charge on any atom is -0.364 e. The van der Waals surface area contributed by atoms with Crippen LogP contribution in [0.4, 0.5) is 18.9 Å². The van der Waals surface area contributed by atoms with Gasteiger partial charge < -0.3 is 10.6 Å². The fraction of sp³-hybridized carbons (Fsp3) is 0.545. The van der Waals surface area contributed by atoms with Gasteiger partial charge in [-0.15, -0.1) is 0 Å². The van der Waals surface area contributed by atoms with Gasteiger partial charge in [-0.05, 0) is 18.6 Å². The summed E-state index contributed by atoms with van der Waals surface area (Å²) >= 11 is 0. The van der Waals surface area contributed by atoms with Gasteiger partial charge in [-0.3, -0.25) is 4.98 Å². The van der Waals surface area contributed by atoms with Gasteiger partial charge in [0.25, 0.3) is 0 Å². The second-order valence-electron chi connectivity index (χ2n) is 3.93. The standard InChI is InChI=1S/C11H16F3N3/c1-3-9(15)10-5-4-8(6-16-10)17(2)7-11(12,13)14/h4-6,9H,3,7,15H2,1-2H3/t9-/m0/s1. The fourth-order valence-electron chi connectivity index (χ4n) is 1.41. The lowest BCUT2D eigenvalue weighted by atomic mass is 10.1. The van der Waals surface area contributed by atoms with Crippen molar-refractivity contribution in [2.24, 2.45) is 5.73 Å². The second kappa shape index (κ2) is 5.35. The molecule has 1 rings (SSSR count). The lowest BCUT2D eigenvalue weighted by Crippen LogP contribution is -2.30. The van der Waals surface area contributed by atoms with E-state index in [-0.39, 0.29) is 6.04 Å². The maximum Gasteiger partial charge on any atom is 0.405 e. The Labute approximate surface area is 98.4 Å². The summed E-state index contributed by atoms with van der Waals surface area (Å²) in [6.45, 7) is 0.934. The highest BCUT2D eigenvalue weighted by atomic mass is 19.4. The minimum absolute atomic E-state index is 0.169. The predicted molar refractivity (Wildman–Crippen MR) is 60.8 cm³/mol. The number of hydrogen-bond donors (Lipinski definition) is 1. The molecule has 0 fully saturated rings. The molecule has 0 unspecified atom stereocenters. The van der Waals surface area contributed by atoms with Crippen LogP contribution in [0.15, 0.2) is 18.3 Å². The van der Waals surface area contributed by atoms with Crippen molar-refractivity contribution >= 4 is 5.69 Å². The Kier molecular flexibility index (Phi) is 4.34. The molecule has 0 aliphatic rings. The SMILES string of the molecule is CC[C@H](N)c1ccc(N(C)CC(F)(F)F)cn1. The lowest BCUT2D eigenvalue weighted by Gasteiger charge is -2.21. The number of hydrogen-bond acceptors (Lipinski definition) is 3. The van der Waals surface area contributed by atoms with Gasteiger partial charge >= 0.3 is 6.18 Å². The molecule has 2 N–H and O–H groups in total. The molecule has 0 aliphatic carbocycles. The average molecular weight is 247 g/mol. The number of nitrogens with zero attached hydrogens (tertiary/aromatic N) is 2. The summed E-state index contributed by atoms with van der Waals surface area (Å²) in [5.41, 5.74) is 6.88. The van der Waals surface area contributed by atoms with Crippen LogP contribution < -0.4 is 10.6 Å². The summed E-state index contributed by atoms with van der Waals surface area (Å²) in [4.78, 5) is 5.17. The Balaban J connectivity index is 2.74. The third-order valence-electron chi connectivity index (χ3n) is 2.45. The molecule has 1 aromatic rings. The zero-order valence-corrected chi connectivity index (χ0v) is 9.83. The Hall–Kier alpha value is -1.30. The van der Waals surface area contributed by atoms with Crippen LogP contribution in [-0.2, 0) is 0 Å². The van der Waals surface area contributed by atoms with Crippen molar-refractivity contribution < 1.29 is 13.2 Å². The van der Waals surface area contributed by atoms with Crippen LogP contribution in [0, 0.1) is 0 Å². The molecule has 0 saturated carbocycles.